The summed E-state index contributed by atoms with van der Waals surface area (Å²) in [6, 6.07) is -0.895. The fourth-order valence-corrected chi connectivity index (χ4v) is 0.880. The maximum Gasteiger partial charge on any atom is 0.328 e. The summed E-state index contributed by atoms with van der Waals surface area (Å²) in [5.41, 5.74) is 0.795. The van der Waals surface area contributed by atoms with Crippen molar-refractivity contribution in [3.63, 3.8) is 0 Å². The molecule has 0 radical (unpaired) electrons. The third kappa shape index (κ3) is 5.25. The average molecular weight is 187 g/mol. The van der Waals surface area contributed by atoms with Crippen LogP contribution >= 0.6 is 0 Å². The number of aliphatic hydroxyl groups excluding tert-OH is 1. The third-order valence-electron chi connectivity index (χ3n) is 1.62. The summed E-state index contributed by atoms with van der Waals surface area (Å²) in [6.45, 7) is 3.44. The second-order valence-electron chi connectivity index (χ2n) is 2.89. The molecule has 4 heteroatoms. The molecule has 0 amide bonds. The van der Waals surface area contributed by atoms with Crippen molar-refractivity contribution in [1.29, 1.82) is 0 Å². The number of carboxylic acids is 1. The summed E-state index contributed by atoms with van der Waals surface area (Å²) < 4.78 is 0. The van der Waals surface area contributed by atoms with Crippen LogP contribution in [0.2, 0.25) is 0 Å². The Morgan fingerprint density at radius 2 is 2.23 bits per heavy atom. The largest absolute Gasteiger partial charge is 0.480 e. The summed E-state index contributed by atoms with van der Waals surface area (Å²) >= 11 is 0. The summed E-state index contributed by atoms with van der Waals surface area (Å²) in [6.07, 6.45) is 3.86. The van der Waals surface area contributed by atoms with Crippen molar-refractivity contribution < 1.29 is 15.0 Å². The quantitative estimate of drug-likeness (QED) is 0.573. The molecule has 0 aliphatic carbocycles. The first kappa shape index (κ1) is 12.0. The van der Waals surface area contributed by atoms with E-state index in [4.69, 9.17) is 10.2 Å². The van der Waals surface area contributed by atoms with Crippen molar-refractivity contribution in [2.75, 3.05) is 6.61 Å². The molecule has 0 spiro atoms. The molecule has 76 valence electrons. The standard InChI is InChI=1S/C9H17NO3/c1-3-4-5-7(2)10-8(6-11)9(12)13/h5,8,10-11H,3-4,6H2,1-2H3,(H,12,13)/b7-5+. The zero-order valence-electron chi connectivity index (χ0n) is 8.08. The van der Waals surface area contributed by atoms with Gasteiger partial charge in [0.1, 0.15) is 6.04 Å². The molecule has 0 bridgehead atoms. The lowest BCUT2D eigenvalue weighted by molar-refractivity contribution is -0.140. The summed E-state index contributed by atoms with van der Waals surface area (Å²) in [5, 5.41) is 20.0. The molecule has 4 nitrogen and oxygen atoms in total. The second-order valence-corrected chi connectivity index (χ2v) is 2.89. The highest BCUT2D eigenvalue weighted by atomic mass is 16.4. The molecule has 0 aliphatic heterocycles. The predicted molar refractivity (Wildman–Crippen MR) is 50.3 cm³/mol. The predicted octanol–water partition coefficient (Wildman–Crippen LogP) is 0.725. The molecule has 0 aliphatic rings. The molecule has 0 saturated carbocycles. The molecular weight excluding hydrogens is 170 g/mol. The van der Waals surface area contributed by atoms with Gasteiger partial charge in [-0.3, -0.25) is 0 Å². The molecule has 1 atom stereocenters. The first-order valence-corrected chi connectivity index (χ1v) is 4.38. The monoisotopic (exact) mass is 187 g/mol. The highest BCUT2D eigenvalue weighted by Crippen LogP contribution is 1.96. The van der Waals surface area contributed by atoms with Gasteiger partial charge in [-0.15, -0.1) is 0 Å². The number of carboxylic acid groups (broad SMARTS) is 1. The third-order valence-corrected chi connectivity index (χ3v) is 1.62. The summed E-state index contributed by atoms with van der Waals surface area (Å²) in [4.78, 5) is 10.5. The number of aliphatic hydroxyl groups is 1. The number of unbranched alkanes of at least 4 members (excludes halogenated alkanes) is 1. The first-order chi connectivity index (χ1) is 6.11. The van der Waals surface area contributed by atoms with Crippen molar-refractivity contribution in [1.82, 2.24) is 5.32 Å². The SMILES string of the molecule is CCC/C=C(\C)NC(CO)C(=O)O. The minimum atomic E-state index is -1.04. The molecule has 1 unspecified atom stereocenters. The van der Waals surface area contributed by atoms with E-state index in [0.29, 0.717) is 0 Å². The molecular formula is C9H17NO3. The van der Waals surface area contributed by atoms with E-state index in [1.165, 1.54) is 0 Å². The van der Waals surface area contributed by atoms with Crippen LogP contribution in [0, 0.1) is 0 Å². The summed E-state index contributed by atoms with van der Waals surface area (Å²) in [5.74, 6) is -1.04. The maximum atomic E-state index is 10.5. The molecule has 3 N–H and O–H groups in total. The topological polar surface area (TPSA) is 69.6 Å². The van der Waals surface area contributed by atoms with Gasteiger partial charge < -0.3 is 15.5 Å². The van der Waals surface area contributed by atoms with Crippen LogP contribution in [0.4, 0.5) is 0 Å². The Kier molecular flexibility index (Phi) is 5.97. The van der Waals surface area contributed by atoms with Crippen molar-refractivity contribution in [2.24, 2.45) is 0 Å². The van der Waals surface area contributed by atoms with Crippen LogP contribution in [-0.4, -0.2) is 28.8 Å². The molecule has 0 fully saturated rings. The number of rotatable bonds is 6. The van der Waals surface area contributed by atoms with Crippen molar-refractivity contribution in [3.8, 4) is 0 Å². The van der Waals surface area contributed by atoms with Crippen LogP contribution in [0.15, 0.2) is 11.8 Å². The molecule has 0 aromatic carbocycles. The van der Waals surface area contributed by atoms with Crippen LogP contribution in [0.1, 0.15) is 26.7 Å². The van der Waals surface area contributed by atoms with E-state index in [0.717, 1.165) is 18.5 Å². The van der Waals surface area contributed by atoms with Gasteiger partial charge in [-0.05, 0) is 13.3 Å². The van der Waals surface area contributed by atoms with Crippen LogP contribution in [0.5, 0.6) is 0 Å². The van der Waals surface area contributed by atoms with E-state index < -0.39 is 18.6 Å². The van der Waals surface area contributed by atoms with Gasteiger partial charge in [0.05, 0.1) is 6.61 Å². The lowest BCUT2D eigenvalue weighted by Crippen LogP contribution is -2.38. The van der Waals surface area contributed by atoms with Gasteiger partial charge >= 0.3 is 5.97 Å². The van der Waals surface area contributed by atoms with Gasteiger partial charge in [-0.2, -0.15) is 0 Å². The highest BCUT2D eigenvalue weighted by Gasteiger charge is 2.14. The summed E-state index contributed by atoms with van der Waals surface area (Å²) in [7, 11) is 0. The normalized spacial score (nSPS) is 13.9. The molecule has 0 heterocycles. The Balaban J connectivity index is 4.00. The molecule has 0 aromatic rings. The van der Waals surface area contributed by atoms with Gasteiger partial charge in [-0.1, -0.05) is 19.4 Å². The fourth-order valence-electron chi connectivity index (χ4n) is 0.880. The number of hydrogen-bond donors (Lipinski definition) is 3. The Bertz CT molecular complexity index is 189. The minimum absolute atomic E-state index is 0.396. The highest BCUT2D eigenvalue weighted by molar-refractivity contribution is 5.73. The Labute approximate surface area is 78.3 Å². The van der Waals surface area contributed by atoms with Crippen molar-refractivity contribution >= 4 is 5.97 Å². The van der Waals surface area contributed by atoms with Gasteiger partial charge in [0, 0.05) is 5.70 Å². The van der Waals surface area contributed by atoms with Gasteiger partial charge in [-0.25, -0.2) is 4.79 Å². The first-order valence-electron chi connectivity index (χ1n) is 4.38. The van der Waals surface area contributed by atoms with Crippen LogP contribution in [0.3, 0.4) is 0 Å². The molecule has 0 saturated heterocycles. The number of aliphatic carboxylic acids is 1. The Morgan fingerprint density at radius 3 is 2.62 bits per heavy atom. The van der Waals surface area contributed by atoms with E-state index in [1.54, 1.807) is 6.92 Å². The van der Waals surface area contributed by atoms with Crippen LogP contribution < -0.4 is 5.32 Å². The van der Waals surface area contributed by atoms with Crippen molar-refractivity contribution in [3.05, 3.63) is 11.8 Å². The number of nitrogens with one attached hydrogen (secondary N) is 1. The average Bonchev–Trinajstić information content (AvgIpc) is 2.10. The second kappa shape index (κ2) is 6.48. The van der Waals surface area contributed by atoms with Gasteiger partial charge in [0.2, 0.25) is 0 Å². The van der Waals surface area contributed by atoms with E-state index >= 15 is 0 Å². The molecule has 0 aromatic heterocycles. The molecule has 13 heavy (non-hydrogen) atoms. The zero-order valence-corrected chi connectivity index (χ0v) is 8.08. The number of hydrogen-bond acceptors (Lipinski definition) is 3. The zero-order chi connectivity index (χ0) is 10.3. The molecule has 0 rings (SSSR count). The van der Waals surface area contributed by atoms with E-state index in [2.05, 4.69) is 5.32 Å². The van der Waals surface area contributed by atoms with Crippen LogP contribution in [-0.2, 0) is 4.79 Å². The van der Waals surface area contributed by atoms with E-state index in [9.17, 15) is 4.79 Å². The van der Waals surface area contributed by atoms with E-state index in [-0.39, 0.29) is 0 Å². The van der Waals surface area contributed by atoms with Crippen molar-refractivity contribution in [2.45, 2.75) is 32.7 Å². The maximum absolute atomic E-state index is 10.5. The Morgan fingerprint density at radius 1 is 1.62 bits per heavy atom. The van der Waals surface area contributed by atoms with Gasteiger partial charge in [0.25, 0.3) is 0 Å². The minimum Gasteiger partial charge on any atom is -0.480 e. The number of carbonyl (C=O) groups is 1. The Hall–Kier alpha value is -1.03. The lowest BCUT2D eigenvalue weighted by Gasteiger charge is -2.12. The van der Waals surface area contributed by atoms with E-state index in [1.807, 2.05) is 13.0 Å². The fraction of sp³-hybridized carbons (Fsp3) is 0.667. The van der Waals surface area contributed by atoms with Crippen LogP contribution in [0.25, 0.3) is 0 Å². The van der Waals surface area contributed by atoms with Gasteiger partial charge in [0.15, 0.2) is 0 Å². The smallest absolute Gasteiger partial charge is 0.328 e. The lowest BCUT2D eigenvalue weighted by atomic mass is 10.2. The number of allylic oxidation sites excluding steroid dienone is 2.